The van der Waals surface area contributed by atoms with Crippen molar-refractivity contribution in [2.24, 2.45) is 0 Å². The second-order valence-corrected chi connectivity index (χ2v) is 6.53. The minimum Gasteiger partial charge on any atom is -0.457 e. The summed E-state index contributed by atoms with van der Waals surface area (Å²) in [6, 6.07) is 13.3. The quantitative estimate of drug-likeness (QED) is 0.869. The summed E-state index contributed by atoms with van der Waals surface area (Å²) in [5, 5.41) is 11.0. The molecule has 25 heavy (non-hydrogen) atoms. The molecule has 1 atom stereocenters. The van der Waals surface area contributed by atoms with E-state index in [4.69, 9.17) is 9.47 Å². The molecule has 0 aromatic heterocycles. The van der Waals surface area contributed by atoms with Crippen LogP contribution in [0.3, 0.4) is 0 Å². The lowest BCUT2D eigenvalue weighted by Gasteiger charge is -2.31. The van der Waals surface area contributed by atoms with Gasteiger partial charge in [-0.15, -0.1) is 0 Å². The van der Waals surface area contributed by atoms with Crippen molar-refractivity contribution in [3.8, 4) is 11.5 Å². The van der Waals surface area contributed by atoms with Gasteiger partial charge in [0.25, 0.3) is 0 Å². The number of aliphatic hydroxyl groups is 1. The number of ether oxygens (including phenoxy) is 2. The molecule has 1 aliphatic rings. The molecule has 0 amide bonds. The second-order valence-electron chi connectivity index (χ2n) is 6.53. The first-order valence-electron chi connectivity index (χ1n) is 8.60. The van der Waals surface area contributed by atoms with Gasteiger partial charge in [-0.05, 0) is 43.7 Å². The van der Waals surface area contributed by atoms with E-state index in [2.05, 4.69) is 4.90 Å². The predicted molar refractivity (Wildman–Crippen MR) is 94.4 cm³/mol. The summed E-state index contributed by atoms with van der Waals surface area (Å²) in [6.07, 6.45) is 0.594. The van der Waals surface area contributed by atoms with Gasteiger partial charge in [-0.2, -0.15) is 0 Å². The van der Waals surface area contributed by atoms with E-state index in [0.717, 1.165) is 38.4 Å². The highest BCUT2D eigenvalue weighted by Gasteiger charge is 2.28. The molecule has 1 N–H and O–H groups in total. The van der Waals surface area contributed by atoms with E-state index < -0.39 is 5.60 Å². The Morgan fingerprint density at radius 3 is 2.52 bits per heavy atom. The van der Waals surface area contributed by atoms with Crippen LogP contribution in [0.1, 0.15) is 18.9 Å². The fraction of sp³-hybridized carbons (Fsp3) is 0.400. The van der Waals surface area contributed by atoms with E-state index >= 15 is 0 Å². The van der Waals surface area contributed by atoms with Crippen molar-refractivity contribution < 1.29 is 19.0 Å². The zero-order valence-electron chi connectivity index (χ0n) is 14.5. The maximum absolute atomic E-state index is 13.1. The molecule has 4 nitrogen and oxygen atoms in total. The van der Waals surface area contributed by atoms with Crippen LogP contribution in [0.2, 0.25) is 0 Å². The molecule has 1 heterocycles. The van der Waals surface area contributed by atoms with Crippen molar-refractivity contribution >= 4 is 0 Å². The number of hydrogen-bond acceptors (Lipinski definition) is 4. The number of morpholine rings is 1. The Labute approximate surface area is 147 Å². The Hall–Kier alpha value is -1.95. The van der Waals surface area contributed by atoms with Crippen LogP contribution in [0.4, 0.5) is 4.39 Å². The highest BCUT2D eigenvalue weighted by atomic mass is 19.1. The topological polar surface area (TPSA) is 41.9 Å². The third-order valence-electron chi connectivity index (χ3n) is 4.53. The molecule has 2 aromatic rings. The fourth-order valence-electron chi connectivity index (χ4n) is 2.97. The van der Waals surface area contributed by atoms with E-state index in [-0.39, 0.29) is 5.82 Å². The van der Waals surface area contributed by atoms with E-state index in [1.54, 1.807) is 19.1 Å². The van der Waals surface area contributed by atoms with Crippen molar-refractivity contribution in [1.82, 2.24) is 4.90 Å². The summed E-state index contributed by atoms with van der Waals surface area (Å²) in [6.45, 7) is 5.87. The smallest absolute Gasteiger partial charge is 0.133 e. The Morgan fingerprint density at radius 1 is 1.12 bits per heavy atom. The third kappa shape index (κ3) is 4.78. The van der Waals surface area contributed by atoms with E-state index in [9.17, 15) is 9.50 Å². The molecule has 134 valence electrons. The summed E-state index contributed by atoms with van der Waals surface area (Å²) >= 11 is 0. The molecular weight excluding hydrogens is 321 g/mol. The normalized spacial score (nSPS) is 17.9. The van der Waals surface area contributed by atoms with Crippen LogP contribution in [0.5, 0.6) is 11.5 Å². The SMILES string of the molecule is CC(O)(CCN1CCOCC1)c1ccccc1Oc1ccc(F)cc1. The Kier molecular flexibility index (Phi) is 5.68. The molecule has 1 saturated heterocycles. The van der Waals surface area contributed by atoms with Gasteiger partial charge in [0.2, 0.25) is 0 Å². The van der Waals surface area contributed by atoms with E-state index in [1.165, 1.54) is 12.1 Å². The zero-order chi connectivity index (χ0) is 17.7. The first-order chi connectivity index (χ1) is 12.0. The van der Waals surface area contributed by atoms with E-state index in [0.29, 0.717) is 17.9 Å². The van der Waals surface area contributed by atoms with Crippen LogP contribution in [-0.4, -0.2) is 42.9 Å². The number of halogens is 1. The van der Waals surface area contributed by atoms with Crippen LogP contribution in [0.15, 0.2) is 48.5 Å². The molecule has 0 spiro atoms. The predicted octanol–water partition coefficient (Wildman–Crippen LogP) is 3.55. The molecule has 5 heteroatoms. The maximum atomic E-state index is 13.1. The lowest BCUT2D eigenvalue weighted by molar-refractivity contribution is 0.00469. The third-order valence-corrected chi connectivity index (χ3v) is 4.53. The van der Waals surface area contributed by atoms with Crippen LogP contribution >= 0.6 is 0 Å². The second kappa shape index (κ2) is 7.95. The minimum atomic E-state index is -1.02. The summed E-state index contributed by atoms with van der Waals surface area (Å²) in [5.41, 5.74) is -0.290. The van der Waals surface area contributed by atoms with Gasteiger partial charge >= 0.3 is 0 Å². The van der Waals surface area contributed by atoms with Gasteiger partial charge in [0.1, 0.15) is 17.3 Å². The number of para-hydroxylation sites is 1. The molecule has 0 aliphatic carbocycles. The number of hydrogen-bond donors (Lipinski definition) is 1. The van der Waals surface area contributed by atoms with Crippen LogP contribution in [0.25, 0.3) is 0 Å². The molecule has 0 bridgehead atoms. The van der Waals surface area contributed by atoms with Crippen molar-refractivity contribution in [3.05, 3.63) is 59.9 Å². The van der Waals surface area contributed by atoms with Gasteiger partial charge in [0, 0.05) is 25.2 Å². The molecule has 1 unspecified atom stereocenters. The summed E-state index contributed by atoms with van der Waals surface area (Å²) in [7, 11) is 0. The van der Waals surface area contributed by atoms with Crippen LogP contribution in [-0.2, 0) is 10.3 Å². The molecule has 1 aliphatic heterocycles. The molecule has 3 rings (SSSR count). The van der Waals surface area contributed by atoms with Crippen molar-refractivity contribution in [2.45, 2.75) is 18.9 Å². The largest absolute Gasteiger partial charge is 0.457 e. The molecule has 0 radical (unpaired) electrons. The Bertz CT molecular complexity index is 682. The van der Waals surface area contributed by atoms with Crippen LogP contribution in [0, 0.1) is 5.82 Å². The molecule has 0 saturated carbocycles. The lowest BCUT2D eigenvalue weighted by Crippen LogP contribution is -2.39. The number of nitrogens with zero attached hydrogens (tertiary/aromatic N) is 1. The highest BCUT2D eigenvalue weighted by Crippen LogP contribution is 2.35. The van der Waals surface area contributed by atoms with E-state index in [1.807, 2.05) is 24.3 Å². The van der Waals surface area contributed by atoms with Gasteiger partial charge in [-0.1, -0.05) is 18.2 Å². The molecular formula is C20H24FNO3. The van der Waals surface area contributed by atoms with Gasteiger partial charge in [-0.3, -0.25) is 4.90 Å². The summed E-state index contributed by atoms with van der Waals surface area (Å²) in [5.74, 6) is 0.817. The average molecular weight is 345 g/mol. The summed E-state index contributed by atoms with van der Waals surface area (Å²) in [4.78, 5) is 2.29. The lowest BCUT2D eigenvalue weighted by atomic mass is 9.91. The minimum absolute atomic E-state index is 0.307. The van der Waals surface area contributed by atoms with Crippen LogP contribution < -0.4 is 4.74 Å². The molecule has 2 aromatic carbocycles. The van der Waals surface area contributed by atoms with Gasteiger partial charge in [0.05, 0.1) is 18.8 Å². The monoisotopic (exact) mass is 345 g/mol. The zero-order valence-corrected chi connectivity index (χ0v) is 14.5. The first kappa shape index (κ1) is 17.9. The first-order valence-corrected chi connectivity index (χ1v) is 8.60. The Morgan fingerprint density at radius 2 is 1.80 bits per heavy atom. The van der Waals surface area contributed by atoms with Gasteiger partial charge in [-0.25, -0.2) is 4.39 Å². The highest BCUT2D eigenvalue weighted by molar-refractivity contribution is 5.41. The average Bonchev–Trinajstić information content (AvgIpc) is 2.63. The fourth-order valence-corrected chi connectivity index (χ4v) is 2.97. The van der Waals surface area contributed by atoms with Crippen molar-refractivity contribution in [1.29, 1.82) is 0 Å². The van der Waals surface area contributed by atoms with Crippen molar-refractivity contribution in [3.63, 3.8) is 0 Å². The number of benzene rings is 2. The number of rotatable bonds is 6. The van der Waals surface area contributed by atoms with Gasteiger partial charge < -0.3 is 14.6 Å². The summed E-state index contributed by atoms with van der Waals surface area (Å²) < 4.78 is 24.3. The van der Waals surface area contributed by atoms with Crippen molar-refractivity contribution in [2.75, 3.05) is 32.8 Å². The molecule has 1 fully saturated rings. The maximum Gasteiger partial charge on any atom is 0.133 e. The standard InChI is InChI=1S/C20H24FNO3/c1-20(23,10-11-22-12-14-24-15-13-22)18-4-2-3-5-19(18)25-17-8-6-16(21)7-9-17/h2-9,23H,10-15H2,1H3. The van der Waals surface area contributed by atoms with Gasteiger partial charge in [0.15, 0.2) is 0 Å². The Balaban J connectivity index is 1.72.